The van der Waals surface area contributed by atoms with Gasteiger partial charge in [0.25, 0.3) is 0 Å². The van der Waals surface area contributed by atoms with Crippen LogP contribution in [-0.2, 0) is 6.42 Å². The molecule has 0 saturated heterocycles. The van der Waals surface area contributed by atoms with Crippen molar-refractivity contribution in [2.75, 3.05) is 0 Å². The third kappa shape index (κ3) is 4.41. The van der Waals surface area contributed by atoms with Crippen LogP contribution in [0, 0.1) is 11.7 Å². The van der Waals surface area contributed by atoms with Crippen molar-refractivity contribution in [3.63, 3.8) is 0 Å². The van der Waals surface area contributed by atoms with Gasteiger partial charge in [0.15, 0.2) is 0 Å². The van der Waals surface area contributed by atoms with Crippen molar-refractivity contribution in [2.45, 2.75) is 57.5 Å². The Labute approximate surface area is 109 Å². The van der Waals surface area contributed by atoms with Gasteiger partial charge in [-0.3, -0.25) is 0 Å². The fourth-order valence-corrected chi connectivity index (χ4v) is 3.00. The molecule has 1 unspecified atom stereocenters. The van der Waals surface area contributed by atoms with Gasteiger partial charge in [0, 0.05) is 0 Å². The van der Waals surface area contributed by atoms with Crippen LogP contribution in [0.1, 0.15) is 50.5 Å². The van der Waals surface area contributed by atoms with E-state index in [9.17, 15) is 9.50 Å². The van der Waals surface area contributed by atoms with Crippen LogP contribution >= 0.6 is 0 Å². The maximum Gasteiger partial charge on any atom is 0.123 e. The van der Waals surface area contributed by atoms with E-state index in [4.69, 9.17) is 0 Å². The van der Waals surface area contributed by atoms with Gasteiger partial charge in [-0.15, -0.1) is 0 Å². The average Bonchev–Trinajstić information content (AvgIpc) is 2.57. The molecule has 1 aromatic carbocycles. The van der Waals surface area contributed by atoms with Crippen molar-refractivity contribution in [2.24, 2.45) is 5.92 Å². The molecule has 18 heavy (non-hydrogen) atoms. The van der Waals surface area contributed by atoms with Crippen LogP contribution in [-0.4, -0.2) is 11.2 Å². The number of hydrogen-bond donors (Lipinski definition) is 1. The Morgan fingerprint density at radius 3 is 2.56 bits per heavy atom. The summed E-state index contributed by atoms with van der Waals surface area (Å²) < 4.78 is 13.0. The van der Waals surface area contributed by atoms with Gasteiger partial charge in [0.2, 0.25) is 0 Å². The van der Waals surface area contributed by atoms with E-state index in [1.807, 2.05) is 6.07 Å². The Morgan fingerprint density at radius 2 is 1.89 bits per heavy atom. The third-order valence-electron chi connectivity index (χ3n) is 3.94. The van der Waals surface area contributed by atoms with E-state index in [0.29, 0.717) is 12.3 Å². The highest BCUT2D eigenvalue weighted by Gasteiger charge is 2.16. The molecule has 0 aromatic heterocycles. The van der Waals surface area contributed by atoms with E-state index in [-0.39, 0.29) is 11.9 Å². The molecule has 1 aliphatic rings. The zero-order valence-corrected chi connectivity index (χ0v) is 10.9. The number of aliphatic hydroxyl groups is 1. The second-order valence-corrected chi connectivity index (χ2v) is 5.58. The first-order valence-corrected chi connectivity index (χ1v) is 7.16. The molecular formula is C16H23FO. The minimum Gasteiger partial charge on any atom is -0.393 e. The Hall–Kier alpha value is -0.890. The molecule has 0 heterocycles. The molecule has 2 rings (SSSR count). The van der Waals surface area contributed by atoms with Gasteiger partial charge in [0.05, 0.1) is 6.10 Å². The lowest BCUT2D eigenvalue weighted by atomic mass is 9.91. The Bertz CT molecular complexity index is 356. The van der Waals surface area contributed by atoms with Crippen molar-refractivity contribution in [1.29, 1.82) is 0 Å². The second-order valence-electron chi connectivity index (χ2n) is 5.58. The van der Waals surface area contributed by atoms with Crippen molar-refractivity contribution in [3.05, 3.63) is 35.6 Å². The van der Waals surface area contributed by atoms with Gasteiger partial charge in [-0.1, -0.05) is 50.7 Å². The van der Waals surface area contributed by atoms with Crippen molar-refractivity contribution in [3.8, 4) is 0 Å². The summed E-state index contributed by atoms with van der Waals surface area (Å²) in [7, 11) is 0. The minimum absolute atomic E-state index is 0.214. The predicted octanol–water partition coefficient (Wildman–Crippen LogP) is 4.09. The SMILES string of the molecule is OC(Cc1cccc(F)c1)CC1CCCCCC1. The van der Waals surface area contributed by atoms with E-state index in [2.05, 4.69) is 0 Å². The number of halogens is 1. The summed E-state index contributed by atoms with van der Waals surface area (Å²) in [6, 6.07) is 6.57. The standard InChI is InChI=1S/C16H23FO/c17-15-9-5-8-14(10-15)12-16(18)11-13-6-3-1-2-4-7-13/h5,8-10,13,16,18H,1-4,6-7,11-12H2. The maximum atomic E-state index is 13.0. The lowest BCUT2D eigenvalue weighted by molar-refractivity contribution is 0.137. The number of rotatable bonds is 4. The molecule has 0 aliphatic heterocycles. The lowest BCUT2D eigenvalue weighted by Gasteiger charge is -2.18. The Kier molecular flexibility index (Phi) is 5.18. The van der Waals surface area contributed by atoms with Crippen LogP contribution in [0.3, 0.4) is 0 Å². The zero-order valence-electron chi connectivity index (χ0n) is 10.9. The fourth-order valence-electron chi connectivity index (χ4n) is 3.00. The van der Waals surface area contributed by atoms with Gasteiger partial charge in [-0.05, 0) is 36.5 Å². The highest BCUT2D eigenvalue weighted by Crippen LogP contribution is 2.27. The van der Waals surface area contributed by atoms with E-state index in [1.54, 1.807) is 6.07 Å². The summed E-state index contributed by atoms with van der Waals surface area (Å²) in [5.74, 6) is 0.449. The lowest BCUT2D eigenvalue weighted by Crippen LogP contribution is -2.16. The Morgan fingerprint density at radius 1 is 1.17 bits per heavy atom. The van der Waals surface area contributed by atoms with Crippen molar-refractivity contribution in [1.82, 2.24) is 0 Å². The molecular weight excluding hydrogens is 227 g/mol. The monoisotopic (exact) mass is 250 g/mol. The summed E-state index contributed by atoms with van der Waals surface area (Å²) >= 11 is 0. The van der Waals surface area contributed by atoms with E-state index >= 15 is 0 Å². The topological polar surface area (TPSA) is 20.2 Å². The van der Waals surface area contributed by atoms with E-state index in [1.165, 1.54) is 50.7 Å². The fraction of sp³-hybridized carbons (Fsp3) is 0.625. The van der Waals surface area contributed by atoms with Crippen LogP contribution in [0.15, 0.2) is 24.3 Å². The van der Waals surface area contributed by atoms with E-state index < -0.39 is 0 Å². The molecule has 1 nitrogen and oxygen atoms in total. The number of hydrogen-bond acceptors (Lipinski definition) is 1. The normalized spacial score (nSPS) is 19.4. The van der Waals surface area contributed by atoms with Gasteiger partial charge in [0.1, 0.15) is 5.82 Å². The molecule has 1 saturated carbocycles. The highest BCUT2D eigenvalue weighted by atomic mass is 19.1. The molecule has 0 amide bonds. The smallest absolute Gasteiger partial charge is 0.123 e. The number of aliphatic hydroxyl groups excluding tert-OH is 1. The minimum atomic E-state index is -0.324. The molecule has 0 bridgehead atoms. The molecule has 1 N–H and O–H groups in total. The van der Waals surface area contributed by atoms with E-state index in [0.717, 1.165) is 12.0 Å². The maximum absolute atomic E-state index is 13.0. The summed E-state index contributed by atoms with van der Waals surface area (Å²) in [5, 5.41) is 10.1. The first-order chi connectivity index (χ1) is 8.74. The molecule has 100 valence electrons. The highest BCUT2D eigenvalue weighted by molar-refractivity contribution is 5.17. The zero-order chi connectivity index (χ0) is 12.8. The molecule has 1 atom stereocenters. The van der Waals surface area contributed by atoms with Crippen LogP contribution in [0.25, 0.3) is 0 Å². The quantitative estimate of drug-likeness (QED) is 0.798. The van der Waals surface area contributed by atoms with Gasteiger partial charge in [-0.2, -0.15) is 0 Å². The van der Waals surface area contributed by atoms with Gasteiger partial charge >= 0.3 is 0 Å². The molecule has 0 radical (unpaired) electrons. The van der Waals surface area contributed by atoms with Gasteiger partial charge < -0.3 is 5.11 Å². The van der Waals surface area contributed by atoms with Gasteiger partial charge in [-0.25, -0.2) is 4.39 Å². The first kappa shape index (κ1) is 13.5. The Balaban J connectivity index is 1.82. The number of benzene rings is 1. The van der Waals surface area contributed by atoms with Crippen LogP contribution in [0.5, 0.6) is 0 Å². The first-order valence-electron chi connectivity index (χ1n) is 7.16. The second kappa shape index (κ2) is 6.89. The van der Waals surface area contributed by atoms with Crippen LogP contribution in [0.4, 0.5) is 4.39 Å². The summed E-state index contributed by atoms with van der Waals surface area (Å²) in [6.07, 6.45) is 8.92. The molecule has 1 fully saturated rings. The predicted molar refractivity (Wildman–Crippen MR) is 71.9 cm³/mol. The largest absolute Gasteiger partial charge is 0.393 e. The molecule has 2 heteroatoms. The molecule has 1 aliphatic carbocycles. The summed E-state index contributed by atoms with van der Waals surface area (Å²) in [6.45, 7) is 0. The van der Waals surface area contributed by atoms with Crippen LogP contribution in [0.2, 0.25) is 0 Å². The molecule has 0 spiro atoms. The summed E-state index contributed by atoms with van der Waals surface area (Å²) in [5.41, 5.74) is 0.899. The van der Waals surface area contributed by atoms with Crippen molar-refractivity contribution >= 4 is 0 Å². The average molecular weight is 250 g/mol. The van der Waals surface area contributed by atoms with Crippen molar-refractivity contribution < 1.29 is 9.50 Å². The van der Waals surface area contributed by atoms with Crippen LogP contribution < -0.4 is 0 Å². The molecule has 1 aromatic rings. The third-order valence-corrected chi connectivity index (χ3v) is 3.94. The summed E-state index contributed by atoms with van der Waals surface area (Å²) in [4.78, 5) is 0.